The number of nitrogens with zero attached hydrogens (tertiary/aromatic N) is 4. The fourth-order valence-corrected chi connectivity index (χ4v) is 3.12. The summed E-state index contributed by atoms with van der Waals surface area (Å²) >= 11 is 1.72. The standard InChI is InChI=1S/C15H20N4OS/c1-3-21-15-17-16-14(18-7-9-20-10-8-18)19(15)13-6-4-5-12(2)11-13/h4-6,11H,3,7-10H2,1-2H3. The lowest BCUT2D eigenvalue weighted by Gasteiger charge is -2.28. The smallest absolute Gasteiger partial charge is 0.232 e. The molecule has 1 fully saturated rings. The maximum Gasteiger partial charge on any atom is 0.232 e. The van der Waals surface area contributed by atoms with Gasteiger partial charge in [0, 0.05) is 13.1 Å². The van der Waals surface area contributed by atoms with Gasteiger partial charge in [0.2, 0.25) is 5.95 Å². The van der Waals surface area contributed by atoms with Gasteiger partial charge < -0.3 is 9.64 Å². The molecule has 1 aromatic carbocycles. The van der Waals surface area contributed by atoms with Gasteiger partial charge in [0.05, 0.1) is 18.9 Å². The molecule has 0 saturated carbocycles. The number of hydrogen-bond acceptors (Lipinski definition) is 5. The highest BCUT2D eigenvalue weighted by Gasteiger charge is 2.21. The third-order valence-electron chi connectivity index (χ3n) is 3.44. The van der Waals surface area contributed by atoms with E-state index in [0.29, 0.717) is 0 Å². The van der Waals surface area contributed by atoms with Crippen LogP contribution in [0.2, 0.25) is 0 Å². The van der Waals surface area contributed by atoms with E-state index in [-0.39, 0.29) is 0 Å². The van der Waals surface area contributed by atoms with Crippen molar-refractivity contribution in [2.75, 3.05) is 37.0 Å². The van der Waals surface area contributed by atoms with Crippen LogP contribution in [-0.4, -0.2) is 46.8 Å². The monoisotopic (exact) mass is 304 g/mol. The van der Waals surface area contributed by atoms with Crippen molar-refractivity contribution in [3.8, 4) is 5.69 Å². The van der Waals surface area contributed by atoms with Crippen molar-refractivity contribution in [3.05, 3.63) is 29.8 Å². The van der Waals surface area contributed by atoms with E-state index >= 15 is 0 Å². The van der Waals surface area contributed by atoms with Crippen LogP contribution in [0.3, 0.4) is 0 Å². The van der Waals surface area contributed by atoms with Gasteiger partial charge >= 0.3 is 0 Å². The van der Waals surface area contributed by atoms with Crippen molar-refractivity contribution in [3.63, 3.8) is 0 Å². The van der Waals surface area contributed by atoms with Gasteiger partial charge in [-0.15, -0.1) is 10.2 Å². The second-order valence-electron chi connectivity index (χ2n) is 4.99. The Kier molecular flexibility index (Phi) is 4.45. The highest BCUT2D eigenvalue weighted by Crippen LogP contribution is 2.27. The Balaban J connectivity index is 2.04. The van der Waals surface area contributed by atoms with Crippen LogP contribution in [0.4, 0.5) is 5.95 Å². The van der Waals surface area contributed by atoms with Gasteiger partial charge in [-0.1, -0.05) is 30.8 Å². The Hall–Kier alpha value is -1.53. The summed E-state index contributed by atoms with van der Waals surface area (Å²) in [5.74, 6) is 1.90. The van der Waals surface area contributed by atoms with Gasteiger partial charge in [0.15, 0.2) is 5.16 Å². The lowest BCUT2D eigenvalue weighted by Crippen LogP contribution is -2.37. The van der Waals surface area contributed by atoms with Crippen molar-refractivity contribution < 1.29 is 4.74 Å². The van der Waals surface area contributed by atoms with E-state index in [1.165, 1.54) is 5.56 Å². The first kappa shape index (κ1) is 14.4. The summed E-state index contributed by atoms with van der Waals surface area (Å²) in [5, 5.41) is 9.76. The van der Waals surface area contributed by atoms with Crippen molar-refractivity contribution >= 4 is 17.7 Å². The molecular weight excluding hydrogens is 284 g/mol. The predicted octanol–water partition coefficient (Wildman–Crippen LogP) is 2.52. The van der Waals surface area contributed by atoms with Crippen molar-refractivity contribution in [2.45, 2.75) is 19.0 Å². The number of aryl methyl sites for hydroxylation is 1. The predicted molar refractivity (Wildman–Crippen MR) is 85.5 cm³/mol. The maximum absolute atomic E-state index is 5.44. The van der Waals surface area contributed by atoms with Crippen LogP contribution in [0.1, 0.15) is 12.5 Å². The summed E-state index contributed by atoms with van der Waals surface area (Å²) in [6.45, 7) is 7.46. The largest absolute Gasteiger partial charge is 0.378 e. The number of morpholine rings is 1. The van der Waals surface area contributed by atoms with Crippen LogP contribution in [0.5, 0.6) is 0 Å². The first-order valence-electron chi connectivity index (χ1n) is 7.27. The molecule has 0 spiro atoms. The Bertz CT molecular complexity index is 607. The molecule has 21 heavy (non-hydrogen) atoms. The van der Waals surface area contributed by atoms with Crippen LogP contribution in [0.25, 0.3) is 5.69 Å². The van der Waals surface area contributed by atoms with Crippen molar-refractivity contribution in [1.29, 1.82) is 0 Å². The molecule has 0 radical (unpaired) electrons. The molecule has 1 aromatic heterocycles. The minimum Gasteiger partial charge on any atom is -0.378 e. The molecule has 1 aliphatic heterocycles. The highest BCUT2D eigenvalue weighted by molar-refractivity contribution is 7.99. The molecule has 2 heterocycles. The fraction of sp³-hybridized carbons (Fsp3) is 0.467. The molecule has 2 aromatic rings. The molecule has 6 heteroatoms. The number of ether oxygens (including phenoxy) is 1. The van der Waals surface area contributed by atoms with Gasteiger partial charge in [0.1, 0.15) is 0 Å². The molecule has 0 N–H and O–H groups in total. The molecule has 1 aliphatic rings. The van der Waals surface area contributed by atoms with Gasteiger partial charge in [-0.05, 0) is 30.4 Å². The number of aromatic nitrogens is 3. The van der Waals surface area contributed by atoms with E-state index in [1.807, 2.05) is 0 Å². The molecule has 3 rings (SSSR count). The Morgan fingerprint density at radius 1 is 1.24 bits per heavy atom. The van der Waals surface area contributed by atoms with Gasteiger partial charge in [-0.3, -0.25) is 4.57 Å². The molecule has 0 amide bonds. The summed E-state index contributed by atoms with van der Waals surface area (Å²) in [5.41, 5.74) is 2.36. The minimum atomic E-state index is 0.747. The second kappa shape index (κ2) is 6.49. The first-order chi connectivity index (χ1) is 10.3. The molecular formula is C15H20N4OS. The number of hydrogen-bond donors (Lipinski definition) is 0. The van der Waals surface area contributed by atoms with Crippen LogP contribution >= 0.6 is 11.8 Å². The summed E-state index contributed by atoms with van der Waals surface area (Å²) in [6.07, 6.45) is 0. The van der Waals surface area contributed by atoms with E-state index in [2.05, 4.69) is 57.8 Å². The van der Waals surface area contributed by atoms with E-state index in [0.717, 1.165) is 48.8 Å². The highest BCUT2D eigenvalue weighted by atomic mass is 32.2. The Morgan fingerprint density at radius 3 is 2.76 bits per heavy atom. The third kappa shape index (κ3) is 3.06. The first-order valence-corrected chi connectivity index (χ1v) is 8.26. The number of anilines is 1. The van der Waals surface area contributed by atoms with E-state index in [4.69, 9.17) is 4.74 Å². The zero-order valence-electron chi connectivity index (χ0n) is 12.5. The lowest BCUT2D eigenvalue weighted by molar-refractivity contribution is 0.122. The average Bonchev–Trinajstić information content (AvgIpc) is 2.92. The molecule has 1 saturated heterocycles. The van der Waals surface area contributed by atoms with E-state index < -0.39 is 0 Å². The van der Waals surface area contributed by atoms with E-state index in [1.54, 1.807) is 11.8 Å². The number of thioether (sulfide) groups is 1. The average molecular weight is 304 g/mol. The SMILES string of the molecule is CCSc1nnc(N2CCOCC2)n1-c1cccc(C)c1. The summed E-state index contributed by atoms with van der Waals surface area (Å²) < 4.78 is 7.60. The summed E-state index contributed by atoms with van der Waals surface area (Å²) in [4.78, 5) is 2.25. The van der Waals surface area contributed by atoms with Crippen LogP contribution in [-0.2, 0) is 4.74 Å². The zero-order chi connectivity index (χ0) is 14.7. The fourth-order valence-electron chi connectivity index (χ4n) is 2.45. The Labute approximate surface area is 129 Å². The van der Waals surface area contributed by atoms with Crippen LogP contribution in [0.15, 0.2) is 29.4 Å². The Morgan fingerprint density at radius 2 is 2.05 bits per heavy atom. The van der Waals surface area contributed by atoms with Gasteiger partial charge in [0.25, 0.3) is 0 Å². The van der Waals surface area contributed by atoms with Crippen molar-refractivity contribution in [2.24, 2.45) is 0 Å². The van der Waals surface area contributed by atoms with E-state index in [9.17, 15) is 0 Å². The normalized spacial score (nSPS) is 15.4. The van der Waals surface area contributed by atoms with Crippen LogP contribution < -0.4 is 4.90 Å². The van der Waals surface area contributed by atoms with Gasteiger partial charge in [-0.2, -0.15) is 0 Å². The molecule has 0 aliphatic carbocycles. The number of benzene rings is 1. The molecule has 5 nitrogen and oxygen atoms in total. The summed E-state index contributed by atoms with van der Waals surface area (Å²) in [6, 6.07) is 8.47. The zero-order valence-corrected chi connectivity index (χ0v) is 13.3. The van der Waals surface area contributed by atoms with Crippen LogP contribution in [0, 0.1) is 6.92 Å². The maximum atomic E-state index is 5.44. The molecule has 0 unspecified atom stereocenters. The second-order valence-corrected chi connectivity index (χ2v) is 6.22. The van der Waals surface area contributed by atoms with Crippen molar-refractivity contribution in [1.82, 2.24) is 14.8 Å². The van der Waals surface area contributed by atoms with Gasteiger partial charge in [-0.25, -0.2) is 0 Å². The number of rotatable bonds is 4. The minimum absolute atomic E-state index is 0.747. The third-order valence-corrected chi connectivity index (χ3v) is 4.25. The molecule has 0 atom stereocenters. The summed E-state index contributed by atoms with van der Waals surface area (Å²) in [7, 11) is 0. The topological polar surface area (TPSA) is 43.2 Å². The lowest BCUT2D eigenvalue weighted by atomic mass is 10.2. The quantitative estimate of drug-likeness (QED) is 0.812. The molecule has 0 bridgehead atoms. The molecule has 112 valence electrons.